The fraction of sp³-hybridized carbons (Fsp3) is 0.143. The Morgan fingerprint density at radius 3 is 1.34 bits per heavy atom. The maximum absolute atomic E-state index is 14.1. The number of anilines is 4. The topological polar surface area (TPSA) is 266 Å². The highest BCUT2D eigenvalue weighted by atomic mass is 79.9. The highest BCUT2D eigenvalue weighted by Crippen LogP contribution is 2.38. The number of nitrogens with two attached hydrogens (primary N) is 4. The van der Waals surface area contributed by atoms with Gasteiger partial charge in [0.2, 0.25) is 0 Å². The second-order valence-electron chi connectivity index (χ2n) is 22.0. The minimum Gasteiger partial charge on any atom is -0.423 e. The van der Waals surface area contributed by atoms with Gasteiger partial charge in [-0.1, -0.05) is 56.8 Å². The molecule has 0 unspecified atom stereocenters. The van der Waals surface area contributed by atoms with Crippen LogP contribution in [0, 0.1) is 60.4 Å². The lowest BCUT2D eigenvalue weighted by Gasteiger charge is -2.32. The number of aryl methyl sites for hydroxylation is 2. The molecule has 1 aliphatic rings. The smallest absolute Gasteiger partial charge is 0.423 e. The number of rotatable bonds is 6. The van der Waals surface area contributed by atoms with Gasteiger partial charge in [0.1, 0.15) is 41.1 Å². The summed E-state index contributed by atoms with van der Waals surface area (Å²) in [6.45, 7) is 12.1. The van der Waals surface area contributed by atoms with Gasteiger partial charge in [-0.05, 0) is 213 Å². The third-order valence-electron chi connectivity index (χ3n) is 14.7. The summed E-state index contributed by atoms with van der Waals surface area (Å²) >= 11 is 8.54. The van der Waals surface area contributed by atoms with Crippen LogP contribution < -0.4 is 33.9 Å². The largest absolute Gasteiger partial charge is 0.494 e. The van der Waals surface area contributed by atoms with Crippen LogP contribution in [0.3, 0.4) is 0 Å². The number of fused-ring (bicyclic) bond motifs is 2. The molecule has 0 atom stereocenters. The molecule has 1 aliphatic heterocycles. The summed E-state index contributed by atoms with van der Waals surface area (Å²) in [6.07, 6.45) is 3.10. The Hall–Kier alpha value is -10.0. The van der Waals surface area contributed by atoms with Gasteiger partial charge in [-0.3, -0.25) is 0 Å². The molecule has 0 saturated carbocycles. The van der Waals surface area contributed by atoms with Gasteiger partial charge in [0.05, 0.1) is 39.3 Å². The zero-order valence-corrected chi connectivity index (χ0v) is 54.2. The quantitative estimate of drug-likeness (QED) is 0.0513. The Morgan fingerprint density at radius 2 is 0.857 bits per heavy atom. The summed E-state index contributed by atoms with van der Waals surface area (Å²) in [5.74, 6) is -4.39. The Labute approximate surface area is 574 Å². The number of nitrogens with zero attached hydrogens (tertiary/aromatic N) is 8. The summed E-state index contributed by atoms with van der Waals surface area (Å²) < 4.78 is 116. The number of aromatic nitrogens is 8. The molecule has 0 spiro atoms. The van der Waals surface area contributed by atoms with Crippen LogP contribution >= 0.6 is 27.5 Å². The Kier molecular flexibility index (Phi) is 26.5. The zero-order chi connectivity index (χ0) is 69.8. The van der Waals surface area contributed by atoms with Gasteiger partial charge in [-0.25, -0.2) is 75.0 Å². The summed E-state index contributed by atoms with van der Waals surface area (Å²) in [6, 6.07) is 41.8. The number of benzene rings is 6. The standard InChI is InChI=1S/C20H14F2N4.C15H19BN2O2.C11H7BrF2N2.C11H8F2N2.C6H6BFO2.C5H4ClFN2.2CH4/c1-11-15-8-13(4-7-18(15)25-10-24-11)16-9-17(22)20(23)26-19(16)12-2-5-14(21)6-3-12;1-10-12-8-11(6-7-13(12)18-9-17-10)16-19-14(2,3)15(4,5)20-16;12-8-5-9(14)11(15)16-10(8)6-1-3-7(13)4-2-6;12-8-3-1-7(2-4-8)10-6-5-9(13)11(14)15-10;8-6-3-1-5(2-4-6)7(9)10;6-4-2-1-3(7)5(8)9-4;;/h2-10H,1H3,(H2,23,26);6-9H,1-5H3;1-5H,(H2,15,16);1-6H,(H2,14,15);1-4,9-10H;1-2H,(H2,8,9);2*1H4. The molecule has 1 saturated heterocycles. The lowest BCUT2D eigenvalue weighted by Crippen LogP contribution is -2.41. The molecule has 7 heterocycles. The van der Waals surface area contributed by atoms with Crippen molar-refractivity contribution in [2.45, 2.75) is 67.6 Å². The van der Waals surface area contributed by atoms with Crippen LogP contribution in [0.2, 0.25) is 5.15 Å². The van der Waals surface area contributed by atoms with Crippen molar-refractivity contribution in [2.75, 3.05) is 22.9 Å². The van der Waals surface area contributed by atoms with Gasteiger partial charge in [-0.2, -0.15) is 0 Å². The Morgan fingerprint density at radius 1 is 0.449 bits per heavy atom. The van der Waals surface area contributed by atoms with E-state index in [0.29, 0.717) is 49.3 Å². The highest BCUT2D eigenvalue weighted by molar-refractivity contribution is 9.10. The number of halogens is 10. The van der Waals surface area contributed by atoms with Crippen molar-refractivity contribution in [2.24, 2.45) is 0 Å². The third-order valence-corrected chi connectivity index (χ3v) is 15.6. The van der Waals surface area contributed by atoms with Gasteiger partial charge >= 0.3 is 14.2 Å². The first-order valence-corrected chi connectivity index (χ1v) is 29.9. The number of pyridine rings is 4. The van der Waals surface area contributed by atoms with Crippen molar-refractivity contribution in [3.63, 3.8) is 0 Å². The van der Waals surface area contributed by atoms with Gasteiger partial charge in [0.15, 0.2) is 46.5 Å². The lowest BCUT2D eigenvalue weighted by atomic mass is 9.78. The molecule has 10 N–H and O–H groups in total. The van der Waals surface area contributed by atoms with Crippen LogP contribution in [0.5, 0.6) is 0 Å². The molecule has 16 nitrogen and oxygen atoms in total. The molecule has 6 aromatic heterocycles. The first-order valence-electron chi connectivity index (χ1n) is 28.7. The molecule has 0 radical (unpaired) electrons. The summed E-state index contributed by atoms with van der Waals surface area (Å²) in [7, 11) is -1.86. The second kappa shape index (κ2) is 33.8. The van der Waals surface area contributed by atoms with Crippen LogP contribution in [0.4, 0.5) is 58.4 Å². The second-order valence-corrected chi connectivity index (χ2v) is 23.2. The van der Waals surface area contributed by atoms with Crippen LogP contribution in [0.15, 0.2) is 187 Å². The predicted octanol–water partition coefficient (Wildman–Crippen LogP) is 15.0. The average Bonchev–Trinajstić information content (AvgIpc) is 1.56. The highest BCUT2D eigenvalue weighted by Gasteiger charge is 2.51. The molecule has 1 fully saturated rings. The van der Waals surface area contributed by atoms with Crippen LogP contribution in [0.25, 0.3) is 66.7 Å². The fourth-order valence-electron chi connectivity index (χ4n) is 8.83. The summed E-state index contributed by atoms with van der Waals surface area (Å²) in [5.41, 5.74) is 30.4. The van der Waals surface area contributed by atoms with E-state index in [1.54, 1.807) is 42.7 Å². The van der Waals surface area contributed by atoms with E-state index in [4.69, 9.17) is 53.9 Å². The lowest BCUT2D eigenvalue weighted by molar-refractivity contribution is 0.00578. The van der Waals surface area contributed by atoms with E-state index in [1.165, 1.54) is 103 Å². The zero-order valence-electron chi connectivity index (χ0n) is 51.9. The molecular formula is C70H66B2BrClF8N12O4. The predicted molar refractivity (Wildman–Crippen MR) is 376 cm³/mol. The van der Waals surface area contributed by atoms with Crippen molar-refractivity contribution in [1.82, 2.24) is 39.9 Å². The fourth-order valence-corrected chi connectivity index (χ4v) is 9.50. The van der Waals surface area contributed by atoms with E-state index in [-0.39, 0.29) is 84.9 Å². The third kappa shape index (κ3) is 19.8. The van der Waals surface area contributed by atoms with E-state index in [9.17, 15) is 35.1 Å². The Balaban J connectivity index is 0.000000191. The van der Waals surface area contributed by atoms with Gasteiger partial charge in [0.25, 0.3) is 0 Å². The van der Waals surface area contributed by atoms with Crippen molar-refractivity contribution in [3.8, 4) is 44.9 Å². The molecule has 28 heteroatoms. The number of hydrogen-bond donors (Lipinski definition) is 6. The van der Waals surface area contributed by atoms with Crippen LogP contribution in [-0.2, 0) is 9.31 Å². The van der Waals surface area contributed by atoms with Crippen molar-refractivity contribution in [3.05, 3.63) is 250 Å². The summed E-state index contributed by atoms with van der Waals surface area (Å²) in [4.78, 5) is 32.4. The first kappa shape index (κ1) is 77.0. The Bertz CT molecular complexity index is 4680. The molecule has 0 aliphatic carbocycles. The minimum atomic E-state index is -1.51. The van der Waals surface area contributed by atoms with E-state index >= 15 is 0 Å². The molecule has 0 amide bonds. The normalized spacial score (nSPS) is 12.2. The van der Waals surface area contributed by atoms with Crippen LogP contribution in [-0.4, -0.2) is 75.4 Å². The van der Waals surface area contributed by atoms with E-state index in [1.807, 2.05) is 44.2 Å². The van der Waals surface area contributed by atoms with E-state index in [2.05, 4.69) is 89.6 Å². The number of nitrogen functional groups attached to an aromatic ring is 4. The molecule has 13 rings (SSSR count). The average molecular weight is 1430 g/mol. The number of hydrogen-bond acceptors (Lipinski definition) is 16. The maximum Gasteiger partial charge on any atom is 0.494 e. The van der Waals surface area contributed by atoms with Gasteiger partial charge < -0.3 is 42.3 Å². The van der Waals surface area contributed by atoms with Crippen molar-refractivity contribution < 1.29 is 54.5 Å². The monoisotopic (exact) mass is 1430 g/mol. The summed E-state index contributed by atoms with van der Waals surface area (Å²) in [5, 5.41) is 19.2. The maximum atomic E-state index is 14.1. The molecular weight excluding hydrogens is 1360 g/mol. The molecule has 12 aromatic rings. The molecule has 98 heavy (non-hydrogen) atoms. The molecule has 6 aromatic carbocycles. The molecule has 0 bridgehead atoms. The SMILES string of the molecule is C.C.Cc1ncnc2ccc(-c3cc(F)c(N)nc3-c3ccc(F)cc3)cc12.Cc1ncnc2ccc(B3OC(C)(C)C(C)(C)O3)cc12.Nc1nc(-c2ccc(F)cc2)c(Br)cc1F.Nc1nc(-c2ccc(F)cc2)ccc1F.Nc1nc(Cl)ccc1F.OB(O)c1ccc(F)cc1. The van der Waals surface area contributed by atoms with Gasteiger partial charge in [0, 0.05) is 48.9 Å². The van der Waals surface area contributed by atoms with Crippen molar-refractivity contribution in [1.29, 1.82) is 0 Å². The minimum absolute atomic E-state index is 0. The van der Waals surface area contributed by atoms with Crippen molar-refractivity contribution >= 4 is 97.8 Å². The van der Waals surface area contributed by atoms with Crippen LogP contribution in [0.1, 0.15) is 53.9 Å². The van der Waals surface area contributed by atoms with Gasteiger partial charge in [-0.15, -0.1) is 0 Å². The van der Waals surface area contributed by atoms with E-state index < -0.39 is 30.4 Å². The molecule has 506 valence electrons. The first-order chi connectivity index (χ1) is 45.5. The van der Waals surface area contributed by atoms with E-state index in [0.717, 1.165) is 44.2 Å².